The molecule has 0 spiro atoms. The monoisotopic (exact) mass is 384 g/mol. The van der Waals surface area contributed by atoms with Crippen LogP contribution >= 0.6 is 35.3 Å². The van der Waals surface area contributed by atoms with E-state index in [-0.39, 0.29) is 24.0 Å². The first-order chi connectivity index (χ1) is 8.27. The summed E-state index contributed by atoms with van der Waals surface area (Å²) >= 11 is 1.65. The SMILES string of the molecule is CCOCCNC(=NC)NCc1scnc1C.I. The van der Waals surface area contributed by atoms with E-state index < -0.39 is 0 Å². The summed E-state index contributed by atoms with van der Waals surface area (Å²) in [4.78, 5) is 9.58. The Kier molecular flexibility index (Phi) is 10.3. The molecule has 2 N–H and O–H groups in total. The van der Waals surface area contributed by atoms with Crippen LogP contribution in [0.25, 0.3) is 0 Å². The van der Waals surface area contributed by atoms with E-state index in [0.29, 0.717) is 6.61 Å². The maximum Gasteiger partial charge on any atom is 0.191 e. The molecule has 1 heterocycles. The predicted octanol–water partition coefficient (Wildman–Crippen LogP) is 1.77. The molecule has 0 fully saturated rings. The predicted molar refractivity (Wildman–Crippen MR) is 87.0 cm³/mol. The summed E-state index contributed by atoms with van der Waals surface area (Å²) in [5.41, 5.74) is 2.93. The number of aryl methyl sites for hydroxylation is 1. The van der Waals surface area contributed by atoms with Gasteiger partial charge in [-0.3, -0.25) is 4.99 Å². The summed E-state index contributed by atoms with van der Waals surface area (Å²) in [6, 6.07) is 0. The maximum absolute atomic E-state index is 5.24. The lowest BCUT2D eigenvalue weighted by Gasteiger charge is -2.11. The molecule has 0 saturated carbocycles. The molecule has 18 heavy (non-hydrogen) atoms. The van der Waals surface area contributed by atoms with Crippen molar-refractivity contribution in [1.82, 2.24) is 15.6 Å². The molecule has 0 radical (unpaired) electrons. The van der Waals surface area contributed by atoms with Crippen LogP contribution in [0.15, 0.2) is 10.5 Å². The minimum absolute atomic E-state index is 0. The van der Waals surface area contributed by atoms with E-state index in [1.807, 2.05) is 19.4 Å². The normalized spacial score (nSPS) is 10.9. The van der Waals surface area contributed by atoms with Crippen LogP contribution < -0.4 is 10.6 Å². The zero-order valence-corrected chi connectivity index (χ0v) is 14.2. The molecule has 104 valence electrons. The van der Waals surface area contributed by atoms with Crippen molar-refractivity contribution in [2.24, 2.45) is 4.99 Å². The van der Waals surface area contributed by atoms with Crippen molar-refractivity contribution in [2.45, 2.75) is 20.4 Å². The molecule has 0 aliphatic carbocycles. The van der Waals surface area contributed by atoms with Crippen molar-refractivity contribution in [3.63, 3.8) is 0 Å². The fourth-order valence-electron chi connectivity index (χ4n) is 1.27. The highest BCUT2D eigenvalue weighted by Gasteiger charge is 2.02. The second kappa shape index (κ2) is 10.5. The van der Waals surface area contributed by atoms with Crippen LogP contribution in [0.5, 0.6) is 0 Å². The first-order valence-corrected chi connectivity index (χ1v) is 6.57. The van der Waals surface area contributed by atoms with Crippen LogP contribution in [-0.4, -0.2) is 37.7 Å². The first-order valence-electron chi connectivity index (χ1n) is 5.69. The summed E-state index contributed by atoms with van der Waals surface area (Å²) in [7, 11) is 1.76. The van der Waals surface area contributed by atoms with Gasteiger partial charge in [0.2, 0.25) is 0 Å². The number of nitrogens with zero attached hydrogens (tertiary/aromatic N) is 2. The number of aliphatic imine (C=N–C) groups is 1. The quantitative estimate of drug-likeness (QED) is 0.340. The third-order valence-electron chi connectivity index (χ3n) is 2.23. The Hall–Kier alpha value is -0.410. The Labute approximate surface area is 129 Å². The number of hydrogen-bond donors (Lipinski definition) is 2. The number of rotatable bonds is 6. The molecule has 1 aromatic heterocycles. The average molecular weight is 384 g/mol. The van der Waals surface area contributed by atoms with Crippen LogP contribution in [0.4, 0.5) is 0 Å². The molecule has 0 amide bonds. The van der Waals surface area contributed by atoms with Crippen LogP contribution in [0, 0.1) is 6.92 Å². The Balaban J connectivity index is 0.00000289. The summed E-state index contributed by atoms with van der Waals surface area (Å²) < 4.78 is 5.24. The summed E-state index contributed by atoms with van der Waals surface area (Å²) in [6.45, 7) is 6.95. The van der Waals surface area contributed by atoms with E-state index >= 15 is 0 Å². The molecule has 0 aromatic carbocycles. The Bertz CT molecular complexity index is 357. The molecule has 0 atom stereocenters. The summed E-state index contributed by atoms with van der Waals surface area (Å²) in [5.74, 6) is 0.789. The van der Waals surface area contributed by atoms with E-state index in [9.17, 15) is 0 Å². The zero-order chi connectivity index (χ0) is 12.5. The van der Waals surface area contributed by atoms with Gasteiger partial charge in [0.1, 0.15) is 0 Å². The van der Waals surface area contributed by atoms with Crippen molar-refractivity contribution in [2.75, 3.05) is 26.8 Å². The molecule has 0 bridgehead atoms. The van der Waals surface area contributed by atoms with E-state index in [4.69, 9.17) is 4.74 Å². The van der Waals surface area contributed by atoms with Gasteiger partial charge in [-0.1, -0.05) is 0 Å². The van der Waals surface area contributed by atoms with E-state index in [2.05, 4.69) is 20.6 Å². The first kappa shape index (κ1) is 17.6. The van der Waals surface area contributed by atoms with Gasteiger partial charge in [0.25, 0.3) is 0 Å². The second-order valence-corrected chi connectivity index (χ2v) is 4.35. The molecular weight excluding hydrogens is 363 g/mol. The molecule has 5 nitrogen and oxygen atoms in total. The van der Waals surface area contributed by atoms with Gasteiger partial charge in [0, 0.05) is 25.1 Å². The Morgan fingerprint density at radius 3 is 2.83 bits per heavy atom. The molecular formula is C11H21IN4OS. The number of hydrogen-bond acceptors (Lipinski definition) is 4. The molecule has 7 heteroatoms. The van der Waals surface area contributed by atoms with Crippen LogP contribution in [0.3, 0.4) is 0 Å². The number of guanidine groups is 1. The Morgan fingerprint density at radius 1 is 1.50 bits per heavy atom. The van der Waals surface area contributed by atoms with Gasteiger partial charge in [-0.25, -0.2) is 4.98 Å². The van der Waals surface area contributed by atoms with Gasteiger partial charge < -0.3 is 15.4 Å². The number of halogens is 1. The summed E-state index contributed by atoms with van der Waals surface area (Å²) in [6.07, 6.45) is 0. The van der Waals surface area contributed by atoms with Gasteiger partial charge in [-0.2, -0.15) is 0 Å². The highest BCUT2D eigenvalue weighted by molar-refractivity contribution is 14.0. The van der Waals surface area contributed by atoms with E-state index in [0.717, 1.165) is 31.3 Å². The number of nitrogens with one attached hydrogen (secondary N) is 2. The highest BCUT2D eigenvalue weighted by Crippen LogP contribution is 2.10. The van der Waals surface area contributed by atoms with Crippen molar-refractivity contribution in [3.8, 4) is 0 Å². The molecule has 0 aliphatic rings. The molecule has 0 saturated heterocycles. The standard InChI is InChI=1S/C11H20N4OS.HI/c1-4-16-6-5-13-11(12-3)14-7-10-9(2)15-8-17-10;/h8H,4-7H2,1-3H3,(H2,12,13,14);1H. The minimum atomic E-state index is 0. The van der Waals surface area contributed by atoms with Crippen molar-refractivity contribution >= 4 is 41.3 Å². The number of thiazole rings is 1. The smallest absolute Gasteiger partial charge is 0.191 e. The fraction of sp³-hybridized carbons (Fsp3) is 0.636. The summed E-state index contributed by atoms with van der Waals surface area (Å²) in [5, 5.41) is 6.43. The van der Waals surface area contributed by atoms with Gasteiger partial charge >= 0.3 is 0 Å². The average Bonchev–Trinajstić information content (AvgIpc) is 2.74. The fourth-order valence-corrected chi connectivity index (χ4v) is 1.98. The maximum atomic E-state index is 5.24. The van der Waals surface area contributed by atoms with Crippen molar-refractivity contribution in [1.29, 1.82) is 0 Å². The molecule has 0 unspecified atom stereocenters. The van der Waals surface area contributed by atoms with Crippen LogP contribution in [-0.2, 0) is 11.3 Å². The molecule has 1 rings (SSSR count). The zero-order valence-electron chi connectivity index (χ0n) is 11.0. The van der Waals surface area contributed by atoms with E-state index in [1.54, 1.807) is 18.4 Å². The van der Waals surface area contributed by atoms with Gasteiger partial charge in [0.05, 0.1) is 24.4 Å². The minimum Gasteiger partial charge on any atom is -0.380 e. The molecule has 1 aromatic rings. The van der Waals surface area contributed by atoms with Crippen molar-refractivity contribution < 1.29 is 4.74 Å². The van der Waals surface area contributed by atoms with Crippen molar-refractivity contribution in [3.05, 3.63) is 16.1 Å². The third-order valence-corrected chi connectivity index (χ3v) is 3.16. The van der Waals surface area contributed by atoms with Gasteiger partial charge in [-0.15, -0.1) is 35.3 Å². The molecule has 0 aliphatic heterocycles. The van der Waals surface area contributed by atoms with Gasteiger partial charge in [0.15, 0.2) is 5.96 Å². The number of aromatic nitrogens is 1. The lowest BCUT2D eigenvalue weighted by Crippen LogP contribution is -2.38. The lowest BCUT2D eigenvalue weighted by atomic mass is 10.4. The van der Waals surface area contributed by atoms with Crippen LogP contribution in [0.2, 0.25) is 0 Å². The van der Waals surface area contributed by atoms with Crippen LogP contribution in [0.1, 0.15) is 17.5 Å². The number of ether oxygens (including phenoxy) is 1. The Morgan fingerprint density at radius 2 is 2.28 bits per heavy atom. The third kappa shape index (κ3) is 6.50. The van der Waals surface area contributed by atoms with E-state index in [1.165, 1.54) is 4.88 Å². The van der Waals surface area contributed by atoms with Gasteiger partial charge in [-0.05, 0) is 13.8 Å². The topological polar surface area (TPSA) is 58.5 Å². The highest BCUT2D eigenvalue weighted by atomic mass is 127. The lowest BCUT2D eigenvalue weighted by molar-refractivity contribution is 0.152. The largest absolute Gasteiger partial charge is 0.380 e. The second-order valence-electron chi connectivity index (χ2n) is 3.41.